The highest BCUT2D eigenvalue weighted by atomic mass is 16.3. The molecular formula is C18H23N3O2. The molecule has 1 aromatic heterocycles. The van der Waals surface area contributed by atoms with Gasteiger partial charge >= 0.3 is 0 Å². The minimum Gasteiger partial charge on any atom is -0.392 e. The van der Waals surface area contributed by atoms with Crippen LogP contribution in [0.4, 0.5) is 0 Å². The van der Waals surface area contributed by atoms with E-state index >= 15 is 0 Å². The number of aromatic nitrogens is 1. The number of H-pyrrole nitrogens is 1. The minimum atomic E-state index is -0.189. The van der Waals surface area contributed by atoms with Crippen LogP contribution < -0.4 is 0 Å². The monoisotopic (exact) mass is 313 g/mol. The Kier molecular flexibility index (Phi) is 3.83. The summed E-state index contributed by atoms with van der Waals surface area (Å²) in [4.78, 5) is 20.1. The molecular weight excluding hydrogens is 290 g/mol. The Morgan fingerprint density at radius 1 is 1.22 bits per heavy atom. The lowest BCUT2D eigenvalue weighted by molar-refractivity contribution is 0.0490. The first-order valence-corrected chi connectivity index (χ1v) is 8.48. The molecule has 1 amide bonds. The topological polar surface area (TPSA) is 59.6 Å². The number of carbonyl (C=O) groups is 1. The van der Waals surface area contributed by atoms with Crippen LogP contribution in [0.5, 0.6) is 0 Å². The molecule has 4 rings (SSSR count). The number of nitrogens with one attached hydrogen (secondary N) is 1. The van der Waals surface area contributed by atoms with Crippen LogP contribution in [0.15, 0.2) is 30.5 Å². The van der Waals surface area contributed by atoms with Gasteiger partial charge in [-0.2, -0.15) is 0 Å². The van der Waals surface area contributed by atoms with Crippen molar-refractivity contribution in [2.24, 2.45) is 5.92 Å². The zero-order chi connectivity index (χ0) is 15.8. The molecule has 2 aliphatic rings. The van der Waals surface area contributed by atoms with Gasteiger partial charge in [0.2, 0.25) is 0 Å². The number of amides is 1. The van der Waals surface area contributed by atoms with Crippen LogP contribution in [0.2, 0.25) is 0 Å². The summed E-state index contributed by atoms with van der Waals surface area (Å²) in [6, 6.07) is 7.91. The standard InChI is InChI=1S/C18H23N3O2/c22-17(13-5-6-13)12-20-7-9-21(10-8-20)18(23)15-11-19-16-4-2-1-3-14(15)16/h1-4,11,13,17,19,22H,5-10,12H2/t17-/m0/s1. The van der Waals surface area contributed by atoms with Gasteiger partial charge in [-0.1, -0.05) is 18.2 Å². The third-order valence-corrected chi connectivity index (χ3v) is 5.09. The van der Waals surface area contributed by atoms with E-state index in [2.05, 4.69) is 9.88 Å². The highest BCUT2D eigenvalue weighted by Gasteiger charge is 2.32. The van der Waals surface area contributed by atoms with Gasteiger partial charge in [-0.05, 0) is 24.8 Å². The summed E-state index contributed by atoms with van der Waals surface area (Å²) in [6.07, 6.45) is 3.96. The SMILES string of the molecule is O=C(c1c[nH]c2ccccc12)N1CCN(C[C@H](O)C2CC2)CC1. The van der Waals surface area contributed by atoms with Gasteiger partial charge < -0.3 is 15.0 Å². The van der Waals surface area contributed by atoms with Crippen LogP contribution >= 0.6 is 0 Å². The third-order valence-electron chi connectivity index (χ3n) is 5.09. The summed E-state index contributed by atoms with van der Waals surface area (Å²) >= 11 is 0. The number of β-amino-alcohol motifs (C(OH)–C–C–N with tert-alkyl or cyclic N) is 1. The van der Waals surface area contributed by atoms with Crippen LogP contribution in [-0.4, -0.2) is 64.6 Å². The van der Waals surface area contributed by atoms with E-state index in [0.717, 1.165) is 49.2 Å². The molecule has 0 radical (unpaired) electrons. The average Bonchev–Trinajstić information content (AvgIpc) is 3.35. The zero-order valence-electron chi connectivity index (χ0n) is 13.2. The average molecular weight is 313 g/mol. The number of nitrogens with zero attached hydrogens (tertiary/aromatic N) is 2. The molecule has 0 spiro atoms. The molecule has 1 saturated carbocycles. The fraction of sp³-hybridized carbons (Fsp3) is 0.500. The van der Waals surface area contributed by atoms with Crippen molar-refractivity contribution in [2.75, 3.05) is 32.7 Å². The van der Waals surface area contributed by atoms with E-state index in [1.807, 2.05) is 35.4 Å². The maximum atomic E-state index is 12.8. The Hall–Kier alpha value is -1.85. The number of benzene rings is 1. The van der Waals surface area contributed by atoms with Crippen molar-refractivity contribution >= 4 is 16.8 Å². The number of aromatic amines is 1. The lowest BCUT2D eigenvalue weighted by atomic mass is 10.1. The van der Waals surface area contributed by atoms with Crippen molar-refractivity contribution < 1.29 is 9.90 Å². The first-order valence-electron chi connectivity index (χ1n) is 8.48. The highest BCUT2D eigenvalue weighted by Crippen LogP contribution is 2.33. The Labute approximate surface area is 135 Å². The second-order valence-electron chi connectivity index (χ2n) is 6.75. The van der Waals surface area contributed by atoms with Crippen molar-refractivity contribution in [3.63, 3.8) is 0 Å². The van der Waals surface area contributed by atoms with Crippen molar-refractivity contribution in [1.29, 1.82) is 0 Å². The number of piperazine rings is 1. The Morgan fingerprint density at radius 2 is 1.96 bits per heavy atom. The molecule has 23 heavy (non-hydrogen) atoms. The van der Waals surface area contributed by atoms with Crippen molar-refractivity contribution in [3.05, 3.63) is 36.0 Å². The van der Waals surface area contributed by atoms with Gasteiger partial charge in [0.25, 0.3) is 5.91 Å². The van der Waals surface area contributed by atoms with E-state index in [-0.39, 0.29) is 12.0 Å². The predicted octanol–water partition coefficient (Wildman–Crippen LogP) is 1.70. The summed E-state index contributed by atoms with van der Waals surface area (Å²) in [7, 11) is 0. The molecule has 0 unspecified atom stereocenters. The Balaban J connectivity index is 1.39. The highest BCUT2D eigenvalue weighted by molar-refractivity contribution is 6.06. The number of aliphatic hydroxyl groups excluding tert-OH is 1. The molecule has 5 heteroatoms. The Morgan fingerprint density at radius 3 is 2.70 bits per heavy atom. The van der Waals surface area contributed by atoms with Crippen LogP contribution in [-0.2, 0) is 0 Å². The van der Waals surface area contributed by atoms with Crippen LogP contribution in [0, 0.1) is 5.92 Å². The number of para-hydroxylation sites is 1. The first kappa shape index (κ1) is 14.7. The lowest BCUT2D eigenvalue weighted by Gasteiger charge is -2.35. The van der Waals surface area contributed by atoms with Crippen molar-refractivity contribution in [1.82, 2.24) is 14.8 Å². The number of fused-ring (bicyclic) bond motifs is 1. The van der Waals surface area contributed by atoms with E-state index in [9.17, 15) is 9.90 Å². The van der Waals surface area contributed by atoms with Crippen LogP contribution in [0.25, 0.3) is 10.9 Å². The summed E-state index contributed by atoms with van der Waals surface area (Å²) in [5.41, 5.74) is 1.76. The molecule has 2 heterocycles. The summed E-state index contributed by atoms with van der Waals surface area (Å²) in [6.45, 7) is 3.90. The van der Waals surface area contributed by atoms with Gasteiger partial charge in [-0.15, -0.1) is 0 Å². The number of carbonyl (C=O) groups excluding carboxylic acids is 1. The molecule has 1 aliphatic heterocycles. The molecule has 2 fully saturated rings. The second kappa shape index (κ2) is 5.98. The van der Waals surface area contributed by atoms with Gasteiger partial charge in [-0.25, -0.2) is 0 Å². The smallest absolute Gasteiger partial charge is 0.256 e. The van der Waals surface area contributed by atoms with Gasteiger partial charge in [0.15, 0.2) is 0 Å². The fourth-order valence-corrected chi connectivity index (χ4v) is 3.45. The van der Waals surface area contributed by atoms with E-state index in [1.54, 1.807) is 0 Å². The molecule has 5 nitrogen and oxygen atoms in total. The van der Waals surface area contributed by atoms with E-state index in [4.69, 9.17) is 0 Å². The Bertz CT molecular complexity index is 699. The van der Waals surface area contributed by atoms with E-state index < -0.39 is 0 Å². The molecule has 1 aliphatic carbocycles. The fourth-order valence-electron chi connectivity index (χ4n) is 3.45. The second-order valence-corrected chi connectivity index (χ2v) is 6.75. The molecule has 1 aromatic carbocycles. The lowest BCUT2D eigenvalue weighted by Crippen LogP contribution is -2.50. The molecule has 1 saturated heterocycles. The largest absolute Gasteiger partial charge is 0.392 e. The van der Waals surface area contributed by atoms with Gasteiger partial charge in [0.05, 0.1) is 11.7 Å². The predicted molar refractivity (Wildman–Crippen MR) is 89.4 cm³/mol. The molecule has 1 atom stereocenters. The molecule has 0 bridgehead atoms. The zero-order valence-corrected chi connectivity index (χ0v) is 13.2. The third kappa shape index (κ3) is 2.99. The van der Waals surface area contributed by atoms with Gasteiger partial charge in [0.1, 0.15) is 0 Å². The number of hydrogen-bond donors (Lipinski definition) is 2. The van der Waals surface area contributed by atoms with Crippen molar-refractivity contribution in [3.8, 4) is 0 Å². The summed E-state index contributed by atoms with van der Waals surface area (Å²) < 4.78 is 0. The minimum absolute atomic E-state index is 0.102. The van der Waals surface area contributed by atoms with Gasteiger partial charge in [0, 0.05) is 49.8 Å². The quantitative estimate of drug-likeness (QED) is 0.903. The molecule has 122 valence electrons. The number of aliphatic hydroxyl groups is 1. The van der Waals surface area contributed by atoms with Gasteiger partial charge in [-0.3, -0.25) is 9.69 Å². The normalized spacial score (nSPS) is 20.8. The van der Waals surface area contributed by atoms with Crippen molar-refractivity contribution in [2.45, 2.75) is 18.9 Å². The van der Waals surface area contributed by atoms with E-state index in [0.29, 0.717) is 5.92 Å². The number of rotatable bonds is 4. The first-order chi connectivity index (χ1) is 11.2. The van der Waals surface area contributed by atoms with Crippen LogP contribution in [0.1, 0.15) is 23.2 Å². The number of hydrogen-bond acceptors (Lipinski definition) is 3. The summed E-state index contributed by atoms with van der Waals surface area (Å²) in [5.74, 6) is 0.616. The molecule has 2 N–H and O–H groups in total. The van der Waals surface area contributed by atoms with Crippen LogP contribution in [0.3, 0.4) is 0 Å². The van der Waals surface area contributed by atoms with E-state index in [1.165, 1.54) is 12.8 Å². The summed E-state index contributed by atoms with van der Waals surface area (Å²) in [5, 5.41) is 11.0. The maximum absolute atomic E-state index is 12.8. The molecule has 2 aromatic rings. The maximum Gasteiger partial charge on any atom is 0.256 e.